The molecule has 2 aromatic carbocycles. The van der Waals surface area contributed by atoms with Crippen molar-refractivity contribution in [3.05, 3.63) is 58.1 Å². The first-order valence-corrected chi connectivity index (χ1v) is 5.94. The Labute approximate surface area is 118 Å². The van der Waals surface area contributed by atoms with Crippen molar-refractivity contribution >= 4 is 23.1 Å². The average molecular weight is 298 g/mol. The molecule has 0 bridgehead atoms. The van der Waals surface area contributed by atoms with Gasteiger partial charge in [-0.15, -0.1) is 0 Å². The molecule has 0 unspecified atom stereocenters. The van der Waals surface area contributed by atoms with Crippen molar-refractivity contribution in [1.29, 1.82) is 0 Å². The van der Waals surface area contributed by atoms with Gasteiger partial charge in [-0.1, -0.05) is 11.6 Å². The smallest absolute Gasteiger partial charge is 0.199 e. The molecule has 2 aromatic rings. The Morgan fingerprint density at radius 2 is 1.85 bits per heavy atom. The van der Waals surface area contributed by atoms with E-state index in [2.05, 4.69) is 0 Å². The second-order valence-electron chi connectivity index (χ2n) is 4.03. The molecular weight excluding hydrogens is 288 g/mol. The van der Waals surface area contributed by atoms with E-state index in [0.717, 1.165) is 6.07 Å². The first kappa shape index (κ1) is 14.3. The average Bonchev–Trinajstić information content (AvgIpc) is 2.42. The summed E-state index contributed by atoms with van der Waals surface area (Å²) in [6.45, 7) is 0. The molecule has 2 N–H and O–H groups in total. The Morgan fingerprint density at radius 3 is 2.50 bits per heavy atom. The van der Waals surface area contributed by atoms with Crippen LogP contribution in [0.3, 0.4) is 0 Å². The first-order chi connectivity index (χ1) is 9.43. The molecule has 0 radical (unpaired) electrons. The second-order valence-corrected chi connectivity index (χ2v) is 4.46. The highest BCUT2D eigenvalue weighted by atomic mass is 35.5. The van der Waals surface area contributed by atoms with E-state index in [1.165, 1.54) is 25.3 Å². The lowest BCUT2D eigenvalue weighted by Crippen LogP contribution is -2.08. The van der Waals surface area contributed by atoms with Crippen molar-refractivity contribution in [3.8, 4) is 5.75 Å². The normalized spacial score (nSPS) is 10.4. The highest BCUT2D eigenvalue weighted by Crippen LogP contribution is 2.27. The number of methoxy groups -OCH3 is 1. The Hall–Kier alpha value is -2.14. The topological polar surface area (TPSA) is 52.3 Å². The minimum absolute atomic E-state index is 0.0740. The fourth-order valence-electron chi connectivity index (χ4n) is 1.74. The van der Waals surface area contributed by atoms with E-state index in [4.69, 9.17) is 22.1 Å². The van der Waals surface area contributed by atoms with Crippen LogP contribution in [-0.2, 0) is 0 Å². The van der Waals surface area contributed by atoms with Crippen molar-refractivity contribution < 1.29 is 18.3 Å². The molecule has 3 nitrogen and oxygen atoms in total. The maximum Gasteiger partial charge on any atom is 0.199 e. The van der Waals surface area contributed by atoms with Gasteiger partial charge in [-0.25, -0.2) is 8.78 Å². The summed E-state index contributed by atoms with van der Waals surface area (Å²) < 4.78 is 31.9. The van der Waals surface area contributed by atoms with Gasteiger partial charge in [0.2, 0.25) is 0 Å². The molecule has 0 amide bonds. The van der Waals surface area contributed by atoms with Crippen LogP contribution in [0.15, 0.2) is 30.3 Å². The second kappa shape index (κ2) is 5.46. The first-order valence-electron chi connectivity index (χ1n) is 5.56. The summed E-state index contributed by atoms with van der Waals surface area (Å²) in [5.74, 6) is -2.36. The van der Waals surface area contributed by atoms with E-state index in [1.54, 1.807) is 0 Å². The number of ketones is 1. The number of carbonyl (C=O) groups excluding carboxylic acids is 1. The van der Waals surface area contributed by atoms with Crippen LogP contribution in [0, 0.1) is 11.6 Å². The van der Waals surface area contributed by atoms with Crippen LogP contribution in [0.25, 0.3) is 0 Å². The van der Waals surface area contributed by atoms with E-state index < -0.39 is 17.4 Å². The Balaban J connectivity index is 2.57. The molecule has 2 rings (SSSR count). The minimum atomic E-state index is -0.997. The van der Waals surface area contributed by atoms with Gasteiger partial charge in [0.25, 0.3) is 0 Å². The highest BCUT2D eigenvalue weighted by molar-refractivity contribution is 6.31. The number of benzene rings is 2. The molecule has 0 aromatic heterocycles. The van der Waals surface area contributed by atoms with E-state index in [9.17, 15) is 13.6 Å². The molecule has 20 heavy (non-hydrogen) atoms. The number of anilines is 1. The molecule has 104 valence electrons. The summed E-state index contributed by atoms with van der Waals surface area (Å²) in [6.07, 6.45) is 0. The Kier molecular flexibility index (Phi) is 3.90. The summed E-state index contributed by atoms with van der Waals surface area (Å²) in [5.41, 5.74) is 4.78. The summed E-state index contributed by atoms with van der Waals surface area (Å²) in [6, 6.07) is 5.89. The molecule has 0 atom stereocenters. The zero-order chi connectivity index (χ0) is 14.9. The maximum absolute atomic E-state index is 13.7. The minimum Gasteiger partial charge on any atom is -0.496 e. The molecule has 0 spiro atoms. The number of rotatable bonds is 3. The molecule has 0 heterocycles. The number of hydrogen-bond acceptors (Lipinski definition) is 3. The van der Waals surface area contributed by atoms with E-state index in [-0.39, 0.29) is 22.6 Å². The van der Waals surface area contributed by atoms with Crippen molar-refractivity contribution in [3.63, 3.8) is 0 Å². The van der Waals surface area contributed by atoms with Crippen LogP contribution in [-0.4, -0.2) is 12.9 Å². The van der Waals surface area contributed by atoms with Crippen LogP contribution in [0.2, 0.25) is 5.02 Å². The summed E-state index contributed by atoms with van der Waals surface area (Å²) >= 11 is 5.82. The van der Waals surface area contributed by atoms with E-state index in [1.807, 2.05) is 0 Å². The van der Waals surface area contributed by atoms with Gasteiger partial charge in [0.05, 0.1) is 23.9 Å². The molecular formula is C14H10ClF2NO2. The molecule has 0 aliphatic rings. The maximum atomic E-state index is 13.7. The molecule has 0 saturated heterocycles. The monoisotopic (exact) mass is 297 g/mol. The van der Waals surface area contributed by atoms with Crippen molar-refractivity contribution in [2.24, 2.45) is 0 Å². The lowest BCUT2D eigenvalue weighted by Gasteiger charge is -2.09. The zero-order valence-corrected chi connectivity index (χ0v) is 11.2. The fourth-order valence-corrected chi connectivity index (χ4v) is 1.91. The Bertz CT molecular complexity index is 689. The van der Waals surface area contributed by atoms with E-state index >= 15 is 0 Å². The van der Waals surface area contributed by atoms with Gasteiger partial charge in [0.1, 0.15) is 17.4 Å². The van der Waals surface area contributed by atoms with Crippen LogP contribution in [0.5, 0.6) is 5.75 Å². The number of hydrogen-bond donors (Lipinski definition) is 1. The zero-order valence-electron chi connectivity index (χ0n) is 10.4. The van der Waals surface area contributed by atoms with Crippen LogP contribution in [0.1, 0.15) is 15.9 Å². The summed E-state index contributed by atoms with van der Waals surface area (Å²) in [4.78, 5) is 12.3. The third kappa shape index (κ3) is 2.58. The van der Waals surface area contributed by atoms with Gasteiger partial charge in [-0.3, -0.25) is 4.79 Å². The van der Waals surface area contributed by atoms with Gasteiger partial charge in [-0.2, -0.15) is 0 Å². The molecule has 0 aliphatic heterocycles. The number of halogens is 3. The Morgan fingerprint density at radius 1 is 1.15 bits per heavy atom. The largest absolute Gasteiger partial charge is 0.496 e. The van der Waals surface area contributed by atoms with Gasteiger partial charge >= 0.3 is 0 Å². The number of ether oxygens (including phenoxy) is 1. The third-order valence-corrected chi connectivity index (χ3v) is 2.97. The predicted octanol–water partition coefficient (Wildman–Crippen LogP) is 3.44. The summed E-state index contributed by atoms with van der Waals surface area (Å²) in [7, 11) is 1.37. The highest BCUT2D eigenvalue weighted by Gasteiger charge is 2.20. The third-order valence-electron chi connectivity index (χ3n) is 2.74. The molecule has 0 aliphatic carbocycles. The number of carbonyl (C=O) groups is 1. The standard InChI is InChI=1S/C14H10ClF2NO2/c1-20-13-3-2-7(15)4-9(13)14(19)8-5-12(18)11(17)6-10(8)16/h2-6H,18H2,1H3. The van der Waals surface area contributed by atoms with Crippen LogP contribution >= 0.6 is 11.6 Å². The molecule has 0 fully saturated rings. The van der Waals surface area contributed by atoms with E-state index in [0.29, 0.717) is 11.1 Å². The molecule has 0 saturated carbocycles. The van der Waals surface area contributed by atoms with Crippen LogP contribution in [0.4, 0.5) is 14.5 Å². The molecule has 6 heteroatoms. The SMILES string of the molecule is COc1ccc(Cl)cc1C(=O)c1cc(N)c(F)cc1F. The van der Waals surface area contributed by atoms with Gasteiger partial charge < -0.3 is 10.5 Å². The number of nitrogen functional groups attached to an aromatic ring is 1. The van der Waals surface area contributed by atoms with Crippen molar-refractivity contribution in [1.82, 2.24) is 0 Å². The quantitative estimate of drug-likeness (QED) is 0.697. The van der Waals surface area contributed by atoms with Gasteiger partial charge in [-0.05, 0) is 24.3 Å². The van der Waals surface area contributed by atoms with Gasteiger partial charge in [0.15, 0.2) is 5.78 Å². The number of nitrogens with two attached hydrogens (primary N) is 1. The summed E-state index contributed by atoms with van der Waals surface area (Å²) in [5, 5.41) is 0.296. The predicted molar refractivity (Wildman–Crippen MR) is 72.2 cm³/mol. The van der Waals surface area contributed by atoms with Crippen LogP contribution < -0.4 is 10.5 Å². The fraction of sp³-hybridized carbons (Fsp3) is 0.0714. The van der Waals surface area contributed by atoms with Crippen molar-refractivity contribution in [2.75, 3.05) is 12.8 Å². The van der Waals surface area contributed by atoms with Crippen molar-refractivity contribution in [2.45, 2.75) is 0 Å². The lowest BCUT2D eigenvalue weighted by molar-refractivity contribution is 0.103. The van der Waals surface area contributed by atoms with Gasteiger partial charge in [0, 0.05) is 11.1 Å². The lowest BCUT2D eigenvalue weighted by atomic mass is 10.0.